The summed E-state index contributed by atoms with van der Waals surface area (Å²) in [6, 6.07) is 8.58. The number of nitrogens with one attached hydrogen (secondary N) is 2. The van der Waals surface area contributed by atoms with Crippen LogP contribution in [0.25, 0.3) is 10.9 Å². The average molecular weight is 271 g/mol. The number of aromatic hydroxyl groups is 3. The SMILES string of the molecule is Oc1ccc(CNc2cccc3[nH]ncc23)c(O)c1O. The third-order valence-corrected chi connectivity index (χ3v) is 3.17. The number of H-pyrrole nitrogens is 1. The maximum Gasteiger partial charge on any atom is 0.200 e. The Hall–Kier alpha value is -2.89. The highest BCUT2D eigenvalue weighted by atomic mass is 16.3. The Kier molecular flexibility index (Phi) is 2.83. The zero-order valence-electron chi connectivity index (χ0n) is 10.5. The molecule has 0 spiro atoms. The molecule has 2 aromatic carbocycles. The molecule has 6 nitrogen and oxygen atoms in total. The van der Waals surface area contributed by atoms with E-state index in [2.05, 4.69) is 15.5 Å². The van der Waals surface area contributed by atoms with E-state index in [0.29, 0.717) is 12.1 Å². The number of anilines is 1. The first-order valence-corrected chi connectivity index (χ1v) is 6.05. The summed E-state index contributed by atoms with van der Waals surface area (Å²) in [6.07, 6.45) is 1.71. The summed E-state index contributed by atoms with van der Waals surface area (Å²) in [6.45, 7) is 0.309. The fourth-order valence-electron chi connectivity index (χ4n) is 2.07. The largest absolute Gasteiger partial charge is 0.504 e. The molecule has 0 saturated heterocycles. The molecule has 0 saturated carbocycles. The normalized spacial score (nSPS) is 10.8. The second kappa shape index (κ2) is 4.65. The molecule has 3 rings (SSSR count). The van der Waals surface area contributed by atoms with Crippen molar-refractivity contribution in [1.82, 2.24) is 10.2 Å². The van der Waals surface area contributed by atoms with Gasteiger partial charge in [0.1, 0.15) is 0 Å². The van der Waals surface area contributed by atoms with E-state index in [-0.39, 0.29) is 11.5 Å². The zero-order valence-corrected chi connectivity index (χ0v) is 10.5. The molecule has 6 heteroatoms. The van der Waals surface area contributed by atoms with Crippen molar-refractivity contribution in [3.63, 3.8) is 0 Å². The summed E-state index contributed by atoms with van der Waals surface area (Å²) in [4.78, 5) is 0. The average Bonchev–Trinajstić information content (AvgIpc) is 2.93. The molecular formula is C14H13N3O3. The van der Waals surface area contributed by atoms with Crippen LogP contribution in [0.15, 0.2) is 36.5 Å². The van der Waals surface area contributed by atoms with Crippen LogP contribution >= 0.6 is 0 Å². The molecule has 0 fully saturated rings. The third kappa shape index (κ3) is 1.97. The first-order chi connectivity index (χ1) is 9.66. The fourth-order valence-corrected chi connectivity index (χ4v) is 2.07. The van der Waals surface area contributed by atoms with Crippen LogP contribution in [0, 0.1) is 0 Å². The minimum absolute atomic E-state index is 0.309. The molecule has 1 aromatic heterocycles. The summed E-state index contributed by atoms with van der Waals surface area (Å²) < 4.78 is 0. The first kappa shape index (κ1) is 12.2. The van der Waals surface area contributed by atoms with Gasteiger partial charge in [0.05, 0.1) is 11.7 Å². The molecule has 102 valence electrons. The highest BCUT2D eigenvalue weighted by Crippen LogP contribution is 2.37. The van der Waals surface area contributed by atoms with E-state index in [4.69, 9.17) is 0 Å². The standard InChI is InChI=1S/C14H13N3O3/c18-12-5-4-8(13(19)14(12)20)6-15-10-2-1-3-11-9(10)7-16-17-11/h1-5,7,15,18-20H,6H2,(H,16,17). The van der Waals surface area contributed by atoms with Gasteiger partial charge in [-0.15, -0.1) is 0 Å². The topological polar surface area (TPSA) is 101 Å². The summed E-state index contributed by atoms with van der Waals surface area (Å²) in [5, 5.41) is 39.5. The minimum atomic E-state index is -0.509. The molecule has 0 bridgehead atoms. The van der Waals surface area contributed by atoms with Gasteiger partial charge >= 0.3 is 0 Å². The predicted molar refractivity (Wildman–Crippen MR) is 74.9 cm³/mol. The van der Waals surface area contributed by atoms with Crippen molar-refractivity contribution in [2.75, 3.05) is 5.32 Å². The van der Waals surface area contributed by atoms with Crippen LogP contribution in [0.5, 0.6) is 17.2 Å². The number of phenolic OH excluding ortho intramolecular Hbond substituents is 3. The molecule has 0 aliphatic rings. The minimum Gasteiger partial charge on any atom is -0.504 e. The third-order valence-electron chi connectivity index (χ3n) is 3.17. The molecule has 0 atom stereocenters. The van der Waals surface area contributed by atoms with Crippen molar-refractivity contribution in [3.8, 4) is 17.2 Å². The van der Waals surface area contributed by atoms with E-state index >= 15 is 0 Å². The number of hydrogen-bond donors (Lipinski definition) is 5. The van der Waals surface area contributed by atoms with Crippen molar-refractivity contribution >= 4 is 16.6 Å². The smallest absolute Gasteiger partial charge is 0.200 e. The molecule has 0 aliphatic carbocycles. The maximum absolute atomic E-state index is 9.76. The van der Waals surface area contributed by atoms with E-state index in [1.165, 1.54) is 6.07 Å². The Morgan fingerprint density at radius 2 is 1.90 bits per heavy atom. The Labute approximate surface area is 114 Å². The van der Waals surface area contributed by atoms with Crippen molar-refractivity contribution < 1.29 is 15.3 Å². The van der Waals surface area contributed by atoms with Gasteiger partial charge in [0.2, 0.25) is 5.75 Å². The second-order valence-electron chi connectivity index (χ2n) is 4.43. The number of aromatic amines is 1. The Morgan fingerprint density at radius 1 is 1.05 bits per heavy atom. The lowest BCUT2D eigenvalue weighted by atomic mass is 10.1. The van der Waals surface area contributed by atoms with Crippen molar-refractivity contribution in [3.05, 3.63) is 42.1 Å². The van der Waals surface area contributed by atoms with Gasteiger partial charge in [-0.25, -0.2) is 0 Å². The van der Waals surface area contributed by atoms with Gasteiger partial charge in [-0.1, -0.05) is 6.07 Å². The van der Waals surface area contributed by atoms with Gasteiger partial charge in [-0.3, -0.25) is 5.10 Å². The first-order valence-electron chi connectivity index (χ1n) is 6.05. The number of hydrogen-bond acceptors (Lipinski definition) is 5. The summed E-state index contributed by atoms with van der Waals surface area (Å²) in [5.74, 6) is -1.18. The van der Waals surface area contributed by atoms with Gasteiger partial charge < -0.3 is 20.6 Å². The van der Waals surface area contributed by atoms with Crippen molar-refractivity contribution in [1.29, 1.82) is 0 Å². The molecule has 3 aromatic rings. The van der Waals surface area contributed by atoms with Crippen LogP contribution in [-0.4, -0.2) is 25.5 Å². The molecule has 0 amide bonds. The molecular weight excluding hydrogens is 258 g/mol. The summed E-state index contributed by atoms with van der Waals surface area (Å²) >= 11 is 0. The lowest BCUT2D eigenvalue weighted by Crippen LogP contribution is -2.00. The lowest BCUT2D eigenvalue weighted by molar-refractivity contribution is 0.365. The quantitative estimate of drug-likeness (QED) is 0.470. The number of nitrogens with zero attached hydrogens (tertiary/aromatic N) is 1. The number of benzene rings is 2. The van der Waals surface area contributed by atoms with Crippen LogP contribution < -0.4 is 5.32 Å². The van der Waals surface area contributed by atoms with E-state index in [1.54, 1.807) is 12.3 Å². The monoisotopic (exact) mass is 271 g/mol. The molecule has 1 heterocycles. The van der Waals surface area contributed by atoms with E-state index < -0.39 is 5.75 Å². The highest BCUT2D eigenvalue weighted by molar-refractivity contribution is 5.90. The molecule has 0 radical (unpaired) electrons. The van der Waals surface area contributed by atoms with Crippen LogP contribution in [0.2, 0.25) is 0 Å². The number of phenols is 3. The maximum atomic E-state index is 9.76. The van der Waals surface area contributed by atoms with Gasteiger partial charge in [0, 0.05) is 23.2 Å². The van der Waals surface area contributed by atoms with Crippen molar-refractivity contribution in [2.24, 2.45) is 0 Å². The molecule has 5 N–H and O–H groups in total. The Balaban J connectivity index is 1.87. The Bertz CT molecular complexity index is 767. The molecule has 0 aliphatic heterocycles. The highest BCUT2D eigenvalue weighted by Gasteiger charge is 2.11. The number of aromatic nitrogens is 2. The fraction of sp³-hybridized carbons (Fsp3) is 0.0714. The number of rotatable bonds is 3. The van der Waals surface area contributed by atoms with E-state index in [9.17, 15) is 15.3 Å². The Morgan fingerprint density at radius 3 is 2.75 bits per heavy atom. The lowest BCUT2D eigenvalue weighted by Gasteiger charge is -2.10. The van der Waals surface area contributed by atoms with Crippen LogP contribution in [0.4, 0.5) is 5.69 Å². The van der Waals surface area contributed by atoms with Crippen LogP contribution in [0.1, 0.15) is 5.56 Å². The number of fused-ring (bicyclic) bond motifs is 1. The zero-order chi connectivity index (χ0) is 14.1. The summed E-state index contributed by atoms with van der Waals surface area (Å²) in [5.41, 5.74) is 2.26. The molecule has 20 heavy (non-hydrogen) atoms. The van der Waals surface area contributed by atoms with Crippen LogP contribution in [0.3, 0.4) is 0 Å². The van der Waals surface area contributed by atoms with Gasteiger partial charge in [-0.2, -0.15) is 5.10 Å². The van der Waals surface area contributed by atoms with Crippen molar-refractivity contribution in [2.45, 2.75) is 6.54 Å². The second-order valence-corrected chi connectivity index (χ2v) is 4.43. The van der Waals surface area contributed by atoms with E-state index in [1.807, 2.05) is 18.2 Å². The van der Waals surface area contributed by atoms with Crippen LogP contribution in [-0.2, 0) is 6.54 Å². The van der Waals surface area contributed by atoms with E-state index in [0.717, 1.165) is 16.6 Å². The summed E-state index contributed by atoms with van der Waals surface area (Å²) in [7, 11) is 0. The van der Waals surface area contributed by atoms with Gasteiger partial charge in [0.25, 0.3) is 0 Å². The predicted octanol–water partition coefficient (Wildman–Crippen LogP) is 2.29. The van der Waals surface area contributed by atoms with Gasteiger partial charge in [0.15, 0.2) is 11.5 Å². The molecule has 0 unspecified atom stereocenters. The van der Waals surface area contributed by atoms with Gasteiger partial charge in [-0.05, 0) is 24.3 Å².